The largest absolute Gasteiger partial charge is 0.435 e. The highest BCUT2D eigenvalue weighted by molar-refractivity contribution is 8.01. The first kappa shape index (κ1) is 16.2. The Bertz CT molecular complexity index is 925. The van der Waals surface area contributed by atoms with Gasteiger partial charge in [0.15, 0.2) is 5.69 Å². The van der Waals surface area contributed by atoms with Crippen molar-refractivity contribution in [3.8, 4) is 11.3 Å². The van der Waals surface area contributed by atoms with Crippen molar-refractivity contribution < 1.29 is 13.2 Å². The highest BCUT2D eigenvalue weighted by Crippen LogP contribution is 2.32. The average Bonchev–Trinajstić information content (AvgIpc) is 3.20. The summed E-state index contributed by atoms with van der Waals surface area (Å²) in [7, 11) is 0. The third-order valence-electron chi connectivity index (χ3n) is 3.76. The molecule has 0 aliphatic carbocycles. The van der Waals surface area contributed by atoms with Crippen molar-refractivity contribution in [1.82, 2.24) is 24.9 Å². The van der Waals surface area contributed by atoms with Gasteiger partial charge in [0.25, 0.3) is 5.78 Å². The van der Waals surface area contributed by atoms with E-state index in [9.17, 15) is 13.2 Å². The molecule has 1 aliphatic heterocycles. The highest BCUT2D eigenvalue weighted by Gasteiger charge is 2.33. The molecule has 130 valence electrons. The molecule has 25 heavy (non-hydrogen) atoms. The number of rotatable bonds is 2. The van der Waals surface area contributed by atoms with E-state index < -0.39 is 11.9 Å². The molecule has 4 rings (SSSR count). The van der Waals surface area contributed by atoms with Crippen molar-refractivity contribution in [3.05, 3.63) is 42.4 Å². The molecule has 1 unspecified atom stereocenters. The van der Waals surface area contributed by atoms with E-state index in [0.717, 1.165) is 17.9 Å². The van der Waals surface area contributed by atoms with Crippen molar-refractivity contribution in [2.75, 3.05) is 11.0 Å². The zero-order chi connectivity index (χ0) is 17.6. The minimum atomic E-state index is -4.54. The maximum absolute atomic E-state index is 12.7. The average molecular weight is 366 g/mol. The number of aromatic nitrogens is 4. The van der Waals surface area contributed by atoms with E-state index in [4.69, 9.17) is 0 Å². The molecule has 3 heterocycles. The lowest BCUT2D eigenvalue weighted by Gasteiger charge is -2.16. The number of benzene rings is 1. The van der Waals surface area contributed by atoms with E-state index in [2.05, 4.69) is 31.6 Å². The second-order valence-electron chi connectivity index (χ2n) is 5.53. The van der Waals surface area contributed by atoms with Crippen LogP contribution in [0, 0.1) is 0 Å². The first-order valence-electron chi connectivity index (χ1n) is 7.48. The number of nitrogens with one attached hydrogen (secondary N) is 1. The summed E-state index contributed by atoms with van der Waals surface area (Å²) in [5.41, 5.74) is 1.33. The van der Waals surface area contributed by atoms with Crippen molar-refractivity contribution in [3.63, 3.8) is 0 Å². The maximum Gasteiger partial charge on any atom is 0.435 e. The van der Waals surface area contributed by atoms with E-state index >= 15 is 0 Å². The Kier molecular flexibility index (Phi) is 3.80. The molecule has 0 saturated carbocycles. The number of imidazole rings is 1. The summed E-state index contributed by atoms with van der Waals surface area (Å²) in [6.45, 7) is 2.80. The number of anilines is 1. The van der Waals surface area contributed by atoms with Crippen LogP contribution in [-0.2, 0) is 6.18 Å². The second kappa shape index (κ2) is 5.88. The number of halogens is 3. The Morgan fingerprint density at radius 2 is 2.12 bits per heavy atom. The molecule has 0 amide bonds. The summed E-state index contributed by atoms with van der Waals surface area (Å²) in [4.78, 5) is 7.51. The van der Waals surface area contributed by atoms with Gasteiger partial charge >= 0.3 is 6.18 Å². The number of hydrogen-bond acceptors (Lipinski definition) is 6. The molecule has 1 atom stereocenters. The Morgan fingerprint density at radius 1 is 1.28 bits per heavy atom. The summed E-state index contributed by atoms with van der Waals surface area (Å²) < 4.78 is 41.7. The summed E-state index contributed by atoms with van der Waals surface area (Å²) in [5, 5.41) is 7.50. The van der Waals surface area contributed by atoms with E-state index in [-0.39, 0.29) is 5.78 Å². The molecule has 1 N–H and O–H groups in total. The normalized spacial score (nSPS) is 18.2. The topological polar surface area (TPSA) is 58.3 Å². The minimum absolute atomic E-state index is 0.0823. The van der Waals surface area contributed by atoms with Crippen LogP contribution in [0.25, 0.3) is 17.0 Å². The molecule has 3 aromatic rings. The first-order chi connectivity index (χ1) is 11.9. The van der Waals surface area contributed by atoms with Crippen LogP contribution in [0.15, 0.2) is 36.7 Å². The molecule has 10 heteroatoms. The van der Waals surface area contributed by atoms with Gasteiger partial charge in [-0.25, -0.2) is 9.97 Å². The van der Waals surface area contributed by atoms with Gasteiger partial charge in [0.2, 0.25) is 0 Å². The summed E-state index contributed by atoms with van der Waals surface area (Å²) in [6.07, 6.45) is -2.35. The molecule has 1 fully saturated rings. The fourth-order valence-corrected chi connectivity index (χ4v) is 3.47. The maximum atomic E-state index is 12.7. The molecule has 0 radical (unpaired) electrons. The standard InChI is InChI=1S/C15H13F3N6S/c1-9-20-8-23(25-9)11-4-2-3-10(5-11)12-6-19-14-22-13(15(16,17)18)7-21-24(12)14/h2-7,9,20H,8H2,1H3. The molecule has 6 nitrogen and oxygen atoms in total. The summed E-state index contributed by atoms with van der Waals surface area (Å²) in [5.74, 6) is -0.0823. The third-order valence-corrected chi connectivity index (χ3v) is 4.84. The Morgan fingerprint density at radius 3 is 2.84 bits per heavy atom. The van der Waals surface area contributed by atoms with Gasteiger partial charge in [-0.1, -0.05) is 12.1 Å². The van der Waals surface area contributed by atoms with Crippen LogP contribution in [-0.4, -0.2) is 31.6 Å². The lowest BCUT2D eigenvalue weighted by Crippen LogP contribution is -2.19. The second-order valence-corrected chi connectivity index (χ2v) is 6.89. The van der Waals surface area contributed by atoms with Crippen LogP contribution >= 0.6 is 11.9 Å². The van der Waals surface area contributed by atoms with Gasteiger partial charge in [-0.3, -0.25) is 5.32 Å². The monoisotopic (exact) mass is 366 g/mol. The number of nitrogens with zero attached hydrogens (tertiary/aromatic N) is 5. The first-order valence-corrected chi connectivity index (χ1v) is 8.31. The van der Waals surface area contributed by atoms with Gasteiger partial charge in [-0.2, -0.15) is 22.8 Å². The smallest absolute Gasteiger partial charge is 0.301 e. The molecule has 1 saturated heterocycles. The van der Waals surface area contributed by atoms with Gasteiger partial charge in [-0.05, 0) is 31.0 Å². The SMILES string of the molecule is CC1NCN(c2cccc(-c3cnc4nc(C(F)(F)F)cnn34)c2)S1. The van der Waals surface area contributed by atoms with Crippen LogP contribution in [0.2, 0.25) is 0 Å². The predicted molar refractivity (Wildman–Crippen MR) is 88.8 cm³/mol. The van der Waals surface area contributed by atoms with Crippen molar-refractivity contribution >= 4 is 23.4 Å². The van der Waals surface area contributed by atoms with Crippen LogP contribution in [0.1, 0.15) is 12.6 Å². The molecular weight excluding hydrogens is 353 g/mol. The quantitative estimate of drug-likeness (QED) is 0.703. The van der Waals surface area contributed by atoms with Crippen molar-refractivity contribution in [2.24, 2.45) is 0 Å². The molecule has 2 aromatic heterocycles. The van der Waals surface area contributed by atoms with E-state index in [1.165, 1.54) is 10.7 Å². The number of fused-ring (bicyclic) bond motifs is 1. The Labute approximate surface area is 145 Å². The molecule has 0 bridgehead atoms. The lowest BCUT2D eigenvalue weighted by atomic mass is 10.1. The van der Waals surface area contributed by atoms with E-state index in [0.29, 0.717) is 17.3 Å². The zero-order valence-corrected chi connectivity index (χ0v) is 13.8. The molecular formula is C15H13F3N6S. The Hall–Kier alpha value is -2.33. The number of alkyl halides is 3. The lowest BCUT2D eigenvalue weighted by molar-refractivity contribution is -0.141. The van der Waals surface area contributed by atoms with E-state index in [1.54, 1.807) is 11.9 Å². The van der Waals surface area contributed by atoms with Crippen LogP contribution in [0.5, 0.6) is 0 Å². The molecule has 1 aliphatic rings. The third kappa shape index (κ3) is 3.02. The molecule has 1 aromatic carbocycles. The van der Waals surface area contributed by atoms with Crippen LogP contribution in [0.4, 0.5) is 18.9 Å². The molecule has 0 spiro atoms. The zero-order valence-electron chi connectivity index (χ0n) is 13.0. The predicted octanol–water partition coefficient (Wildman–Crippen LogP) is 3.17. The Balaban J connectivity index is 1.72. The highest BCUT2D eigenvalue weighted by atomic mass is 32.2. The van der Waals surface area contributed by atoms with Crippen LogP contribution < -0.4 is 9.62 Å². The summed E-state index contributed by atoms with van der Waals surface area (Å²) >= 11 is 1.68. The fourth-order valence-electron chi connectivity index (χ4n) is 2.56. The van der Waals surface area contributed by atoms with Gasteiger partial charge in [-0.15, -0.1) is 0 Å². The van der Waals surface area contributed by atoms with Crippen molar-refractivity contribution in [1.29, 1.82) is 0 Å². The number of hydrogen-bond donors (Lipinski definition) is 1. The van der Waals surface area contributed by atoms with Crippen molar-refractivity contribution in [2.45, 2.75) is 18.5 Å². The minimum Gasteiger partial charge on any atom is -0.301 e. The fraction of sp³-hybridized carbons (Fsp3) is 0.267. The summed E-state index contributed by atoms with van der Waals surface area (Å²) in [6, 6.07) is 7.69. The van der Waals surface area contributed by atoms with Gasteiger partial charge in [0.1, 0.15) is 0 Å². The van der Waals surface area contributed by atoms with E-state index in [1.807, 2.05) is 24.3 Å². The van der Waals surface area contributed by atoms with Gasteiger partial charge in [0, 0.05) is 11.3 Å². The van der Waals surface area contributed by atoms with Crippen LogP contribution in [0.3, 0.4) is 0 Å². The van der Waals surface area contributed by atoms with Gasteiger partial charge in [0.05, 0.1) is 30.1 Å². The van der Waals surface area contributed by atoms with Gasteiger partial charge < -0.3 is 4.31 Å².